The maximum Gasteiger partial charge on any atom is 0.295 e. The standard InChI is InChI=1S/C32H25NO4/c1-20-16-26-27(17-21(20)2)37-31-28(30(26)34)29(33(32(31)35)24-13-7-4-8-14-24)23-12-9-15-25(18-23)36-19-22-10-5-3-6-11-22/h3-18,29H,19H2,1-2H3. The number of carbonyl (C=O) groups excluding carboxylic acids is 1. The summed E-state index contributed by atoms with van der Waals surface area (Å²) in [6.45, 7) is 4.34. The third kappa shape index (κ3) is 3.99. The first-order valence-corrected chi connectivity index (χ1v) is 12.2. The molecule has 37 heavy (non-hydrogen) atoms. The Hall–Kier alpha value is -4.64. The minimum Gasteiger partial charge on any atom is -0.489 e. The maximum absolute atomic E-state index is 13.9. The van der Waals surface area contributed by atoms with Crippen LogP contribution in [0.25, 0.3) is 11.0 Å². The van der Waals surface area contributed by atoms with E-state index in [-0.39, 0.29) is 17.1 Å². The van der Waals surface area contributed by atoms with Gasteiger partial charge in [-0.2, -0.15) is 0 Å². The summed E-state index contributed by atoms with van der Waals surface area (Å²) >= 11 is 0. The number of amides is 1. The highest BCUT2D eigenvalue weighted by Crippen LogP contribution is 2.42. The molecule has 0 saturated carbocycles. The smallest absolute Gasteiger partial charge is 0.295 e. The largest absolute Gasteiger partial charge is 0.489 e. The van der Waals surface area contributed by atoms with Gasteiger partial charge in [0, 0.05) is 5.69 Å². The quantitative estimate of drug-likeness (QED) is 0.276. The van der Waals surface area contributed by atoms with Crippen LogP contribution in [0, 0.1) is 13.8 Å². The minimum absolute atomic E-state index is 0.0882. The average molecular weight is 488 g/mol. The predicted molar refractivity (Wildman–Crippen MR) is 144 cm³/mol. The molecule has 182 valence electrons. The number of hydrogen-bond donors (Lipinski definition) is 0. The zero-order valence-electron chi connectivity index (χ0n) is 20.6. The third-order valence-corrected chi connectivity index (χ3v) is 6.94. The molecular weight excluding hydrogens is 462 g/mol. The highest BCUT2D eigenvalue weighted by Gasteiger charge is 2.43. The van der Waals surface area contributed by atoms with E-state index in [4.69, 9.17) is 9.15 Å². The van der Waals surface area contributed by atoms with Crippen LogP contribution in [0.2, 0.25) is 0 Å². The van der Waals surface area contributed by atoms with E-state index < -0.39 is 6.04 Å². The summed E-state index contributed by atoms with van der Waals surface area (Å²) in [5.74, 6) is 0.413. The van der Waals surface area contributed by atoms with Gasteiger partial charge in [0.15, 0.2) is 5.43 Å². The molecule has 2 heterocycles. The first-order chi connectivity index (χ1) is 18.0. The molecule has 0 fully saturated rings. The summed E-state index contributed by atoms with van der Waals surface area (Å²) in [4.78, 5) is 29.3. The Morgan fingerprint density at radius 2 is 1.51 bits per heavy atom. The Labute approximate surface area is 214 Å². The highest BCUT2D eigenvalue weighted by atomic mass is 16.5. The van der Waals surface area contributed by atoms with E-state index in [0.717, 1.165) is 22.3 Å². The van der Waals surface area contributed by atoms with Crippen molar-refractivity contribution < 1.29 is 13.9 Å². The van der Waals surface area contributed by atoms with E-state index in [1.54, 1.807) is 4.90 Å². The monoisotopic (exact) mass is 487 g/mol. The molecule has 1 aliphatic heterocycles. The second-order valence-corrected chi connectivity index (χ2v) is 9.37. The van der Waals surface area contributed by atoms with Gasteiger partial charge in [-0.3, -0.25) is 14.5 Å². The van der Waals surface area contributed by atoms with Gasteiger partial charge in [-0.15, -0.1) is 0 Å². The summed E-state index contributed by atoms with van der Waals surface area (Å²) in [5.41, 5.74) is 5.10. The van der Waals surface area contributed by atoms with Gasteiger partial charge in [0.25, 0.3) is 5.91 Å². The molecular formula is C32H25NO4. The van der Waals surface area contributed by atoms with Crippen LogP contribution < -0.4 is 15.1 Å². The molecule has 5 nitrogen and oxygen atoms in total. The molecule has 0 saturated heterocycles. The molecule has 5 heteroatoms. The third-order valence-electron chi connectivity index (χ3n) is 6.94. The van der Waals surface area contributed by atoms with Gasteiger partial charge in [-0.25, -0.2) is 0 Å². The van der Waals surface area contributed by atoms with E-state index >= 15 is 0 Å². The van der Waals surface area contributed by atoms with E-state index in [1.807, 2.05) is 111 Å². The second-order valence-electron chi connectivity index (χ2n) is 9.37. The van der Waals surface area contributed by atoms with Crippen molar-refractivity contribution in [1.82, 2.24) is 0 Å². The van der Waals surface area contributed by atoms with Crippen molar-refractivity contribution in [2.24, 2.45) is 0 Å². The Bertz CT molecular complexity index is 1690. The maximum atomic E-state index is 13.9. The number of aryl methyl sites for hydroxylation is 2. The molecule has 1 amide bonds. The number of benzene rings is 4. The van der Waals surface area contributed by atoms with Crippen LogP contribution in [-0.2, 0) is 6.61 Å². The molecule has 1 aromatic heterocycles. The lowest BCUT2D eigenvalue weighted by molar-refractivity contribution is 0.0971. The van der Waals surface area contributed by atoms with E-state index in [1.165, 1.54) is 0 Å². The van der Waals surface area contributed by atoms with Gasteiger partial charge in [0.1, 0.15) is 17.9 Å². The van der Waals surface area contributed by atoms with E-state index in [9.17, 15) is 9.59 Å². The summed E-state index contributed by atoms with van der Waals surface area (Å²) in [5, 5.41) is 0.478. The van der Waals surface area contributed by atoms with E-state index in [0.29, 0.717) is 34.6 Å². The van der Waals surface area contributed by atoms with Gasteiger partial charge >= 0.3 is 0 Å². The molecule has 0 bridgehead atoms. The molecule has 5 aromatic rings. The highest BCUT2D eigenvalue weighted by molar-refractivity contribution is 6.10. The van der Waals surface area contributed by atoms with Crippen molar-refractivity contribution in [1.29, 1.82) is 0 Å². The fourth-order valence-corrected chi connectivity index (χ4v) is 4.91. The van der Waals surface area contributed by atoms with Crippen molar-refractivity contribution in [2.75, 3.05) is 4.90 Å². The summed E-state index contributed by atoms with van der Waals surface area (Å²) in [6, 6.07) is 29.9. The number of hydrogen-bond acceptors (Lipinski definition) is 4. The lowest BCUT2D eigenvalue weighted by Gasteiger charge is -2.25. The van der Waals surface area contributed by atoms with Crippen molar-refractivity contribution in [3.63, 3.8) is 0 Å². The molecule has 0 radical (unpaired) electrons. The Kier molecular flexibility index (Phi) is 5.61. The van der Waals surface area contributed by atoms with Crippen LogP contribution in [-0.4, -0.2) is 5.91 Å². The van der Waals surface area contributed by atoms with Crippen LogP contribution in [0.4, 0.5) is 5.69 Å². The van der Waals surface area contributed by atoms with Crippen molar-refractivity contribution >= 4 is 22.6 Å². The van der Waals surface area contributed by atoms with Gasteiger partial charge in [-0.05, 0) is 72.5 Å². The Morgan fingerprint density at radius 1 is 0.811 bits per heavy atom. The van der Waals surface area contributed by atoms with Crippen molar-refractivity contribution in [3.05, 3.63) is 141 Å². The summed E-state index contributed by atoms with van der Waals surface area (Å²) in [7, 11) is 0. The molecule has 1 unspecified atom stereocenters. The van der Waals surface area contributed by atoms with Crippen LogP contribution in [0.3, 0.4) is 0 Å². The molecule has 4 aromatic carbocycles. The first-order valence-electron chi connectivity index (χ1n) is 12.2. The number of nitrogens with zero attached hydrogens (tertiary/aromatic N) is 1. The SMILES string of the molecule is Cc1cc2oc3c(c(=O)c2cc1C)C(c1cccc(OCc2ccccc2)c1)N(c1ccccc1)C3=O. The van der Waals surface area contributed by atoms with Crippen molar-refractivity contribution in [2.45, 2.75) is 26.5 Å². The molecule has 1 aliphatic rings. The minimum atomic E-state index is -0.646. The molecule has 0 aliphatic carbocycles. The van der Waals surface area contributed by atoms with E-state index in [2.05, 4.69) is 0 Å². The second kappa shape index (κ2) is 9.10. The van der Waals surface area contributed by atoms with Crippen molar-refractivity contribution in [3.8, 4) is 5.75 Å². The number of para-hydroxylation sites is 1. The fourth-order valence-electron chi connectivity index (χ4n) is 4.91. The topological polar surface area (TPSA) is 59.8 Å². The van der Waals surface area contributed by atoms with Crippen LogP contribution in [0.15, 0.2) is 106 Å². The molecule has 1 atom stereocenters. The number of fused-ring (bicyclic) bond motifs is 2. The zero-order valence-corrected chi connectivity index (χ0v) is 20.6. The van der Waals surface area contributed by atoms with Crippen LogP contribution in [0.1, 0.15) is 44.4 Å². The summed E-state index contributed by atoms with van der Waals surface area (Å²) in [6.07, 6.45) is 0. The average Bonchev–Trinajstić information content (AvgIpc) is 3.22. The number of carbonyl (C=O) groups is 1. The Balaban J connectivity index is 1.50. The van der Waals surface area contributed by atoms with Gasteiger partial charge in [-0.1, -0.05) is 60.7 Å². The predicted octanol–water partition coefficient (Wildman–Crippen LogP) is 6.74. The van der Waals surface area contributed by atoms with Crippen LogP contribution in [0.5, 0.6) is 5.75 Å². The number of anilines is 1. The fraction of sp³-hybridized carbons (Fsp3) is 0.125. The number of ether oxygens (including phenoxy) is 1. The zero-order chi connectivity index (χ0) is 25.5. The van der Waals surface area contributed by atoms with Gasteiger partial charge in [0.2, 0.25) is 5.76 Å². The molecule has 6 rings (SSSR count). The number of rotatable bonds is 5. The van der Waals surface area contributed by atoms with Gasteiger partial charge < -0.3 is 9.15 Å². The van der Waals surface area contributed by atoms with Gasteiger partial charge in [0.05, 0.1) is 17.0 Å². The summed E-state index contributed by atoms with van der Waals surface area (Å²) < 4.78 is 12.2. The van der Waals surface area contributed by atoms with Crippen LogP contribution >= 0.6 is 0 Å². The Morgan fingerprint density at radius 3 is 2.27 bits per heavy atom. The normalized spacial score (nSPS) is 14.7. The lowest BCUT2D eigenvalue weighted by Crippen LogP contribution is -2.29. The first kappa shape index (κ1) is 22.8. The lowest BCUT2D eigenvalue weighted by atomic mass is 9.97. The molecule has 0 N–H and O–H groups in total. The molecule has 0 spiro atoms.